The predicted octanol–water partition coefficient (Wildman–Crippen LogP) is 5.59. The van der Waals surface area contributed by atoms with Crippen molar-refractivity contribution in [2.75, 3.05) is 25.3 Å². The van der Waals surface area contributed by atoms with Crippen LogP contribution >= 0.6 is 0 Å². The van der Waals surface area contributed by atoms with Crippen molar-refractivity contribution in [1.29, 1.82) is 0 Å². The summed E-state index contributed by atoms with van der Waals surface area (Å²) in [6.07, 6.45) is 5.29. The molecule has 2 heterocycles. The van der Waals surface area contributed by atoms with E-state index in [4.69, 9.17) is 14.2 Å². The van der Waals surface area contributed by atoms with E-state index in [2.05, 4.69) is 55.8 Å². The molecular formula is C24H28N2O3. The Morgan fingerprint density at radius 2 is 1.97 bits per heavy atom. The molecule has 0 unspecified atom stereocenters. The molecule has 2 aromatic rings. The van der Waals surface area contributed by atoms with Gasteiger partial charge in [0.15, 0.2) is 11.5 Å². The van der Waals surface area contributed by atoms with Crippen LogP contribution in [0.3, 0.4) is 0 Å². The number of nitrogens with zero attached hydrogens (tertiary/aromatic N) is 2. The average molecular weight is 392 g/mol. The molecule has 2 aromatic carbocycles. The zero-order chi connectivity index (χ0) is 20.6. The average Bonchev–Trinajstić information content (AvgIpc) is 3.16. The summed E-state index contributed by atoms with van der Waals surface area (Å²) in [5, 5.41) is 0. The lowest BCUT2D eigenvalue weighted by molar-refractivity contribution is 0.174. The first-order chi connectivity index (χ1) is 13.9. The second-order valence-electron chi connectivity index (χ2n) is 8.04. The van der Waals surface area contributed by atoms with Gasteiger partial charge in [0.1, 0.15) is 5.75 Å². The molecule has 0 N–H and O–H groups in total. The van der Waals surface area contributed by atoms with Gasteiger partial charge in [-0.15, -0.1) is 0 Å². The van der Waals surface area contributed by atoms with Gasteiger partial charge >= 0.3 is 0 Å². The Bertz CT molecular complexity index is 992. The molecule has 2 aliphatic rings. The van der Waals surface area contributed by atoms with Crippen LogP contribution in [0.15, 0.2) is 41.4 Å². The fourth-order valence-electron chi connectivity index (χ4n) is 4.14. The highest BCUT2D eigenvalue weighted by atomic mass is 16.7. The lowest BCUT2D eigenvalue weighted by Gasteiger charge is -2.43. The van der Waals surface area contributed by atoms with Crippen molar-refractivity contribution >= 4 is 23.2 Å². The molecule has 5 nitrogen and oxygen atoms in total. The minimum atomic E-state index is -0.0276. The largest absolute Gasteiger partial charge is 0.496 e. The predicted molar refractivity (Wildman–Crippen MR) is 118 cm³/mol. The Balaban J connectivity index is 1.73. The van der Waals surface area contributed by atoms with Crippen molar-refractivity contribution in [1.82, 2.24) is 0 Å². The quantitative estimate of drug-likeness (QED) is 0.623. The summed E-state index contributed by atoms with van der Waals surface area (Å²) in [5.74, 6) is 2.31. The number of allylic oxidation sites excluding steroid dienone is 1. The number of fused-ring (bicyclic) bond motifs is 2. The number of anilines is 1. The van der Waals surface area contributed by atoms with Crippen LogP contribution in [-0.4, -0.2) is 32.2 Å². The van der Waals surface area contributed by atoms with Crippen molar-refractivity contribution in [3.8, 4) is 17.2 Å². The van der Waals surface area contributed by atoms with Gasteiger partial charge in [0, 0.05) is 41.7 Å². The molecule has 0 amide bonds. The van der Waals surface area contributed by atoms with E-state index in [-0.39, 0.29) is 12.3 Å². The number of hydrogen-bond acceptors (Lipinski definition) is 5. The molecule has 4 rings (SSSR count). The molecular weight excluding hydrogens is 364 g/mol. The molecule has 0 radical (unpaired) electrons. The highest BCUT2D eigenvalue weighted by Crippen LogP contribution is 2.42. The Morgan fingerprint density at radius 3 is 2.72 bits per heavy atom. The first kappa shape index (κ1) is 19.4. The standard InChI is InChI=1S/C24H28N2O3/c1-6-9-26-20-12-22(27-5)17(10-19(20)16(2)13-24(26,3)4)14-25-18-7-8-21-23(11-18)29-15-28-21/h7-8,10-14H,6,9,15H2,1-5H3. The van der Waals surface area contributed by atoms with Crippen molar-refractivity contribution < 1.29 is 14.2 Å². The highest BCUT2D eigenvalue weighted by molar-refractivity contribution is 5.92. The van der Waals surface area contributed by atoms with Crippen LogP contribution in [-0.2, 0) is 0 Å². The molecule has 0 aliphatic carbocycles. The summed E-state index contributed by atoms with van der Waals surface area (Å²) in [6.45, 7) is 10.2. The summed E-state index contributed by atoms with van der Waals surface area (Å²) in [7, 11) is 1.71. The second-order valence-corrected chi connectivity index (χ2v) is 8.04. The van der Waals surface area contributed by atoms with Crippen LogP contribution in [0.4, 0.5) is 11.4 Å². The molecule has 29 heavy (non-hydrogen) atoms. The van der Waals surface area contributed by atoms with E-state index in [9.17, 15) is 0 Å². The molecule has 152 valence electrons. The molecule has 0 saturated heterocycles. The molecule has 5 heteroatoms. The Morgan fingerprint density at radius 1 is 1.17 bits per heavy atom. The summed E-state index contributed by atoms with van der Waals surface area (Å²) < 4.78 is 16.5. The van der Waals surface area contributed by atoms with Gasteiger partial charge in [0.05, 0.1) is 18.3 Å². The topological polar surface area (TPSA) is 43.3 Å². The van der Waals surface area contributed by atoms with Gasteiger partial charge in [-0.1, -0.05) is 13.0 Å². The molecule has 0 aromatic heterocycles. The first-order valence-corrected chi connectivity index (χ1v) is 10.1. The number of benzene rings is 2. The van der Waals surface area contributed by atoms with Crippen molar-refractivity contribution in [3.05, 3.63) is 47.5 Å². The number of methoxy groups -OCH3 is 1. The molecule has 0 saturated carbocycles. The van der Waals surface area contributed by atoms with Gasteiger partial charge in [0.25, 0.3) is 0 Å². The normalized spacial score (nSPS) is 16.7. The van der Waals surface area contributed by atoms with E-state index in [1.54, 1.807) is 7.11 Å². The van der Waals surface area contributed by atoms with E-state index in [0.29, 0.717) is 0 Å². The smallest absolute Gasteiger partial charge is 0.231 e. The van der Waals surface area contributed by atoms with Gasteiger partial charge < -0.3 is 19.1 Å². The molecule has 0 fully saturated rings. The van der Waals surface area contributed by atoms with Gasteiger partial charge in [-0.05, 0) is 51.0 Å². The third-order valence-electron chi connectivity index (χ3n) is 5.49. The fourth-order valence-corrected chi connectivity index (χ4v) is 4.14. The zero-order valence-electron chi connectivity index (χ0n) is 17.8. The number of hydrogen-bond donors (Lipinski definition) is 0. The van der Waals surface area contributed by atoms with Crippen LogP contribution in [0.2, 0.25) is 0 Å². The third-order valence-corrected chi connectivity index (χ3v) is 5.49. The second kappa shape index (κ2) is 7.47. The molecule has 0 spiro atoms. The monoisotopic (exact) mass is 392 g/mol. The first-order valence-electron chi connectivity index (χ1n) is 10.1. The van der Waals surface area contributed by atoms with E-state index >= 15 is 0 Å². The number of rotatable bonds is 5. The SMILES string of the molecule is CCCN1c2cc(OC)c(C=Nc3ccc4c(c3)OCO4)cc2C(C)=CC1(C)C. The maximum Gasteiger partial charge on any atom is 0.231 e. The van der Waals surface area contributed by atoms with E-state index in [1.807, 2.05) is 24.4 Å². The Kier molecular flexibility index (Phi) is 4.99. The molecule has 0 bridgehead atoms. The van der Waals surface area contributed by atoms with Crippen LogP contribution < -0.4 is 19.1 Å². The zero-order valence-corrected chi connectivity index (χ0v) is 17.8. The van der Waals surface area contributed by atoms with Crippen molar-refractivity contribution in [2.24, 2.45) is 4.99 Å². The van der Waals surface area contributed by atoms with Crippen molar-refractivity contribution in [3.63, 3.8) is 0 Å². The molecule has 2 aliphatic heterocycles. The lowest BCUT2D eigenvalue weighted by atomic mass is 9.87. The maximum absolute atomic E-state index is 5.72. The van der Waals surface area contributed by atoms with Crippen LogP contribution in [0.25, 0.3) is 5.57 Å². The van der Waals surface area contributed by atoms with E-state index < -0.39 is 0 Å². The Labute approximate surface area is 172 Å². The van der Waals surface area contributed by atoms with Gasteiger partial charge in [-0.3, -0.25) is 4.99 Å². The van der Waals surface area contributed by atoms with Crippen LogP contribution in [0.5, 0.6) is 17.2 Å². The summed E-state index contributed by atoms with van der Waals surface area (Å²) >= 11 is 0. The maximum atomic E-state index is 5.72. The fraction of sp³-hybridized carbons (Fsp3) is 0.375. The Hall–Kier alpha value is -2.95. The molecule has 0 atom stereocenters. The highest BCUT2D eigenvalue weighted by Gasteiger charge is 2.31. The summed E-state index contributed by atoms with van der Waals surface area (Å²) in [4.78, 5) is 7.10. The van der Waals surface area contributed by atoms with E-state index in [1.165, 1.54) is 16.8 Å². The van der Waals surface area contributed by atoms with Crippen LogP contribution in [0.1, 0.15) is 45.2 Å². The van der Waals surface area contributed by atoms with Crippen LogP contribution in [0, 0.1) is 0 Å². The van der Waals surface area contributed by atoms with Crippen molar-refractivity contribution in [2.45, 2.75) is 39.7 Å². The number of ether oxygens (including phenoxy) is 3. The van der Waals surface area contributed by atoms with Gasteiger partial charge in [0.2, 0.25) is 6.79 Å². The van der Waals surface area contributed by atoms with Gasteiger partial charge in [-0.25, -0.2) is 0 Å². The lowest BCUT2D eigenvalue weighted by Crippen LogP contribution is -2.45. The number of aliphatic imine (C=N–C) groups is 1. The minimum absolute atomic E-state index is 0.0276. The minimum Gasteiger partial charge on any atom is -0.496 e. The summed E-state index contributed by atoms with van der Waals surface area (Å²) in [6, 6.07) is 10.0. The summed E-state index contributed by atoms with van der Waals surface area (Å²) in [5.41, 5.74) is 5.46. The van der Waals surface area contributed by atoms with Gasteiger partial charge in [-0.2, -0.15) is 0 Å². The third kappa shape index (κ3) is 3.57. The van der Waals surface area contributed by atoms with E-state index in [0.717, 1.165) is 41.5 Å².